The van der Waals surface area contributed by atoms with Gasteiger partial charge in [-0.15, -0.1) is 0 Å². The Morgan fingerprint density at radius 2 is 2.27 bits per heavy atom. The van der Waals surface area contributed by atoms with Gasteiger partial charge in [0, 0.05) is 13.0 Å². The van der Waals surface area contributed by atoms with Crippen LogP contribution < -0.4 is 5.32 Å². The number of nitrogens with one attached hydrogen (secondary N) is 1. The zero-order valence-corrected chi connectivity index (χ0v) is 7.66. The molecule has 11 heavy (non-hydrogen) atoms. The monoisotopic (exact) mass is 175 g/mol. The molecule has 0 aliphatic heterocycles. The highest BCUT2D eigenvalue weighted by Gasteiger charge is 1.95. The fourth-order valence-corrected chi connectivity index (χ4v) is 0.743. The minimum atomic E-state index is 0.150. The van der Waals surface area contributed by atoms with E-state index in [4.69, 9.17) is 17.0 Å². The molecule has 0 spiro atoms. The van der Waals surface area contributed by atoms with Gasteiger partial charge in [-0.25, -0.2) is 0 Å². The van der Waals surface area contributed by atoms with Gasteiger partial charge in [-0.2, -0.15) is 0 Å². The average Bonchev–Trinajstić information content (AvgIpc) is 1.87. The summed E-state index contributed by atoms with van der Waals surface area (Å²) in [5.41, 5.74) is 0. The largest absolute Gasteiger partial charge is 0.471 e. The van der Waals surface area contributed by atoms with E-state index in [1.165, 1.54) is 0 Å². The minimum Gasteiger partial charge on any atom is -0.471 e. The van der Waals surface area contributed by atoms with Gasteiger partial charge in [0.25, 0.3) is 5.17 Å². The maximum atomic E-state index is 10.5. The summed E-state index contributed by atoms with van der Waals surface area (Å²) in [6, 6.07) is 0. The Morgan fingerprint density at radius 3 is 2.73 bits per heavy atom. The summed E-state index contributed by atoms with van der Waals surface area (Å²) in [5, 5.41) is 3.17. The number of Topliss-reactive ketones (excluding diaryl/α,β-unsaturated/α-hetero) is 1. The zero-order valence-electron chi connectivity index (χ0n) is 6.85. The summed E-state index contributed by atoms with van der Waals surface area (Å²) in [6.45, 7) is 4.53. The van der Waals surface area contributed by atoms with Crippen LogP contribution in [0.5, 0.6) is 0 Å². The second-order valence-electron chi connectivity index (χ2n) is 2.10. The lowest BCUT2D eigenvalue weighted by atomic mass is 10.3. The van der Waals surface area contributed by atoms with Crippen molar-refractivity contribution in [2.75, 3.05) is 13.2 Å². The molecular formula is C7H13NO2S. The van der Waals surface area contributed by atoms with Gasteiger partial charge in [0.2, 0.25) is 0 Å². The Labute approximate surface area is 72.1 Å². The molecule has 0 saturated heterocycles. The summed E-state index contributed by atoms with van der Waals surface area (Å²) in [7, 11) is 0. The van der Waals surface area contributed by atoms with Crippen LogP contribution >= 0.6 is 12.2 Å². The molecule has 0 aliphatic rings. The Bertz CT molecular complexity index is 147. The van der Waals surface area contributed by atoms with Crippen LogP contribution in [0.15, 0.2) is 0 Å². The lowest BCUT2D eigenvalue weighted by Crippen LogP contribution is -2.25. The topological polar surface area (TPSA) is 38.3 Å². The number of ketones is 1. The van der Waals surface area contributed by atoms with Gasteiger partial charge >= 0.3 is 0 Å². The van der Waals surface area contributed by atoms with Crippen molar-refractivity contribution in [3.63, 3.8) is 0 Å². The molecule has 0 aromatic heterocycles. The number of carbonyl (C=O) groups is 1. The summed E-state index contributed by atoms with van der Waals surface area (Å²) < 4.78 is 4.93. The smallest absolute Gasteiger partial charge is 0.256 e. The normalized spacial score (nSPS) is 8.91. The maximum Gasteiger partial charge on any atom is 0.256 e. The molecule has 4 heteroatoms. The lowest BCUT2D eigenvalue weighted by molar-refractivity contribution is -0.116. The summed E-state index contributed by atoms with van der Waals surface area (Å²) in [6.07, 6.45) is 0.493. The third kappa shape index (κ3) is 7.25. The molecule has 3 nitrogen and oxygen atoms in total. The van der Waals surface area contributed by atoms with Crippen LogP contribution in [0.3, 0.4) is 0 Å². The van der Waals surface area contributed by atoms with Crippen LogP contribution in [0.1, 0.15) is 20.3 Å². The molecule has 0 aliphatic carbocycles. The van der Waals surface area contributed by atoms with Gasteiger partial charge in [-0.05, 0) is 26.1 Å². The number of rotatable bonds is 4. The molecule has 0 aromatic rings. The summed E-state index contributed by atoms with van der Waals surface area (Å²) in [5.74, 6) is 0.150. The van der Waals surface area contributed by atoms with Gasteiger partial charge in [-0.1, -0.05) is 0 Å². The average molecular weight is 175 g/mol. The molecular weight excluding hydrogens is 162 g/mol. The van der Waals surface area contributed by atoms with Crippen LogP contribution in [0.25, 0.3) is 0 Å². The highest BCUT2D eigenvalue weighted by atomic mass is 32.1. The van der Waals surface area contributed by atoms with E-state index in [0.29, 0.717) is 24.7 Å². The standard InChI is InChI=1S/C7H13NO2S/c1-3-10-7(11)8-5-4-6(2)9/h3-5H2,1-2H3,(H,8,11). The van der Waals surface area contributed by atoms with E-state index < -0.39 is 0 Å². The Hall–Kier alpha value is -0.640. The van der Waals surface area contributed by atoms with Crippen LogP contribution in [-0.4, -0.2) is 24.1 Å². The molecule has 0 fully saturated rings. The quantitative estimate of drug-likeness (QED) is 0.644. The van der Waals surface area contributed by atoms with Gasteiger partial charge in [0.1, 0.15) is 5.78 Å². The Morgan fingerprint density at radius 1 is 1.64 bits per heavy atom. The number of carbonyl (C=O) groups excluding carboxylic acids is 1. The fourth-order valence-electron chi connectivity index (χ4n) is 0.523. The van der Waals surface area contributed by atoms with E-state index >= 15 is 0 Å². The number of ether oxygens (including phenoxy) is 1. The molecule has 0 saturated carbocycles. The number of thiocarbonyl (C=S) groups is 1. The molecule has 1 N–H and O–H groups in total. The summed E-state index contributed by atoms with van der Waals surface area (Å²) >= 11 is 4.76. The van der Waals surface area contributed by atoms with Crippen LogP contribution in [0, 0.1) is 0 Å². The van der Waals surface area contributed by atoms with E-state index in [1.807, 2.05) is 6.92 Å². The van der Waals surface area contributed by atoms with Crippen molar-refractivity contribution in [3.8, 4) is 0 Å². The van der Waals surface area contributed by atoms with Crippen LogP contribution in [0.4, 0.5) is 0 Å². The van der Waals surface area contributed by atoms with E-state index in [2.05, 4.69) is 5.32 Å². The minimum absolute atomic E-state index is 0.150. The van der Waals surface area contributed by atoms with E-state index in [9.17, 15) is 4.79 Å². The van der Waals surface area contributed by atoms with Gasteiger partial charge in [0.15, 0.2) is 0 Å². The second kappa shape index (κ2) is 6.09. The van der Waals surface area contributed by atoms with Crippen LogP contribution in [0.2, 0.25) is 0 Å². The third-order valence-corrected chi connectivity index (χ3v) is 1.28. The SMILES string of the molecule is CCOC(=S)NCCC(C)=O. The Kier molecular flexibility index (Phi) is 5.74. The Balaban J connectivity index is 3.24. The first-order chi connectivity index (χ1) is 5.16. The van der Waals surface area contributed by atoms with E-state index in [0.717, 1.165) is 0 Å². The number of hydrogen-bond acceptors (Lipinski definition) is 3. The molecule has 0 radical (unpaired) electrons. The molecule has 0 amide bonds. The molecule has 0 heterocycles. The predicted octanol–water partition coefficient (Wildman–Crippen LogP) is 0.877. The zero-order chi connectivity index (χ0) is 8.69. The van der Waals surface area contributed by atoms with Crippen molar-refractivity contribution in [1.82, 2.24) is 5.32 Å². The molecule has 0 rings (SSSR count). The van der Waals surface area contributed by atoms with E-state index in [1.54, 1.807) is 6.92 Å². The molecule has 64 valence electrons. The molecule has 0 unspecified atom stereocenters. The fraction of sp³-hybridized carbons (Fsp3) is 0.714. The number of hydrogen-bond donors (Lipinski definition) is 1. The maximum absolute atomic E-state index is 10.5. The van der Waals surface area contributed by atoms with E-state index in [-0.39, 0.29) is 5.78 Å². The van der Waals surface area contributed by atoms with Crippen molar-refractivity contribution in [2.24, 2.45) is 0 Å². The molecule has 0 aromatic carbocycles. The summed E-state index contributed by atoms with van der Waals surface area (Å²) in [4.78, 5) is 10.5. The highest BCUT2D eigenvalue weighted by molar-refractivity contribution is 7.80. The highest BCUT2D eigenvalue weighted by Crippen LogP contribution is 1.81. The first-order valence-corrected chi connectivity index (χ1v) is 3.97. The van der Waals surface area contributed by atoms with Crippen molar-refractivity contribution in [1.29, 1.82) is 0 Å². The van der Waals surface area contributed by atoms with Crippen molar-refractivity contribution in [2.45, 2.75) is 20.3 Å². The first-order valence-electron chi connectivity index (χ1n) is 3.57. The van der Waals surface area contributed by atoms with Gasteiger partial charge in [0.05, 0.1) is 6.61 Å². The van der Waals surface area contributed by atoms with Crippen LogP contribution in [-0.2, 0) is 9.53 Å². The van der Waals surface area contributed by atoms with Gasteiger partial charge < -0.3 is 10.1 Å². The third-order valence-electron chi connectivity index (χ3n) is 1.02. The van der Waals surface area contributed by atoms with Crippen molar-refractivity contribution < 1.29 is 9.53 Å². The first kappa shape index (κ1) is 10.4. The predicted molar refractivity (Wildman–Crippen MR) is 47.5 cm³/mol. The second-order valence-corrected chi connectivity index (χ2v) is 2.47. The van der Waals surface area contributed by atoms with Crippen molar-refractivity contribution >= 4 is 23.2 Å². The molecule has 0 atom stereocenters. The van der Waals surface area contributed by atoms with Gasteiger partial charge in [-0.3, -0.25) is 4.79 Å². The lowest BCUT2D eigenvalue weighted by Gasteiger charge is -2.05. The molecule has 0 bridgehead atoms. The van der Waals surface area contributed by atoms with Crippen molar-refractivity contribution in [3.05, 3.63) is 0 Å².